The van der Waals surface area contributed by atoms with E-state index in [2.05, 4.69) is 16.7 Å². The van der Waals surface area contributed by atoms with Crippen molar-refractivity contribution in [2.24, 2.45) is 5.73 Å². The fraction of sp³-hybridized carbons (Fsp3) is 0.700. The first-order chi connectivity index (χ1) is 6.33. The average Bonchev–Trinajstić information content (AvgIpc) is 2.51. The summed E-state index contributed by atoms with van der Waals surface area (Å²) in [6, 6.07) is 0.220. The van der Waals surface area contributed by atoms with Crippen LogP contribution in [-0.4, -0.2) is 9.78 Å². The fourth-order valence-electron chi connectivity index (χ4n) is 2.09. The Morgan fingerprint density at radius 2 is 2.54 bits per heavy atom. The van der Waals surface area contributed by atoms with Crippen molar-refractivity contribution in [3.63, 3.8) is 0 Å². The number of hydrogen-bond donors (Lipinski definition) is 1. The van der Waals surface area contributed by atoms with Crippen LogP contribution in [-0.2, 0) is 13.0 Å². The maximum Gasteiger partial charge on any atom is 0.0583 e. The lowest BCUT2D eigenvalue weighted by Gasteiger charge is -2.20. The molecule has 1 unspecified atom stereocenters. The van der Waals surface area contributed by atoms with Gasteiger partial charge < -0.3 is 5.73 Å². The molecule has 1 heterocycles. The SMILES string of the molecule is CCCn1ncc2c1C(N)CCC2. The van der Waals surface area contributed by atoms with Crippen molar-refractivity contribution >= 4 is 0 Å². The Morgan fingerprint density at radius 1 is 1.69 bits per heavy atom. The number of aryl methyl sites for hydroxylation is 2. The third kappa shape index (κ3) is 1.48. The van der Waals surface area contributed by atoms with Crippen molar-refractivity contribution in [3.05, 3.63) is 17.5 Å². The topological polar surface area (TPSA) is 43.8 Å². The molecule has 1 aromatic rings. The van der Waals surface area contributed by atoms with E-state index in [1.165, 1.54) is 17.7 Å². The number of fused-ring (bicyclic) bond motifs is 1. The van der Waals surface area contributed by atoms with Gasteiger partial charge in [-0.15, -0.1) is 0 Å². The van der Waals surface area contributed by atoms with Gasteiger partial charge >= 0.3 is 0 Å². The van der Waals surface area contributed by atoms with Gasteiger partial charge in [-0.1, -0.05) is 6.92 Å². The summed E-state index contributed by atoms with van der Waals surface area (Å²) in [7, 11) is 0. The minimum atomic E-state index is 0.220. The largest absolute Gasteiger partial charge is 0.323 e. The number of rotatable bonds is 2. The van der Waals surface area contributed by atoms with Gasteiger partial charge in [0.05, 0.1) is 11.9 Å². The monoisotopic (exact) mass is 179 g/mol. The van der Waals surface area contributed by atoms with Gasteiger partial charge in [0, 0.05) is 12.6 Å². The number of nitrogens with two attached hydrogens (primary N) is 1. The van der Waals surface area contributed by atoms with E-state index in [0.717, 1.165) is 25.8 Å². The van der Waals surface area contributed by atoms with Gasteiger partial charge in [-0.25, -0.2) is 0 Å². The molecule has 0 saturated heterocycles. The van der Waals surface area contributed by atoms with Gasteiger partial charge in [0.1, 0.15) is 0 Å². The average molecular weight is 179 g/mol. The summed E-state index contributed by atoms with van der Waals surface area (Å²) < 4.78 is 2.08. The van der Waals surface area contributed by atoms with E-state index in [1.807, 2.05) is 6.20 Å². The highest BCUT2D eigenvalue weighted by atomic mass is 15.3. The minimum Gasteiger partial charge on any atom is -0.323 e. The minimum absolute atomic E-state index is 0.220. The van der Waals surface area contributed by atoms with Crippen LogP contribution in [0.25, 0.3) is 0 Å². The molecular weight excluding hydrogens is 162 g/mol. The Kier molecular flexibility index (Phi) is 2.36. The van der Waals surface area contributed by atoms with Crippen molar-refractivity contribution in [2.75, 3.05) is 0 Å². The summed E-state index contributed by atoms with van der Waals surface area (Å²) in [4.78, 5) is 0. The molecule has 0 bridgehead atoms. The molecule has 1 aliphatic rings. The van der Waals surface area contributed by atoms with Gasteiger partial charge in [-0.3, -0.25) is 4.68 Å². The highest BCUT2D eigenvalue weighted by Crippen LogP contribution is 2.27. The van der Waals surface area contributed by atoms with Crippen LogP contribution in [0.4, 0.5) is 0 Å². The van der Waals surface area contributed by atoms with Crippen LogP contribution in [0.3, 0.4) is 0 Å². The van der Waals surface area contributed by atoms with Crippen molar-refractivity contribution in [3.8, 4) is 0 Å². The fourth-order valence-corrected chi connectivity index (χ4v) is 2.09. The quantitative estimate of drug-likeness (QED) is 0.750. The molecule has 13 heavy (non-hydrogen) atoms. The van der Waals surface area contributed by atoms with E-state index in [-0.39, 0.29) is 6.04 Å². The molecule has 0 fully saturated rings. The number of nitrogens with zero attached hydrogens (tertiary/aromatic N) is 2. The molecule has 3 nitrogen and oxygen atoms in total. The Bertz CT molecular complexity index is 290. The van der Waals surface area contributed by atoms with Crippen LogP contribution in [0.1, 0.15) is 43.5 Å². The maximum absolute atomic E-state index is 6.06. The molecule has 0 spiro atoms. The molecule has 2 rings (SSSR count). The lowest BCUT2D eigenvalue weighted by atomic mass is 9.94. The van der Waals surface area contributed by atoms with Gasteiger partial charge in [-0.2, -0.15) is 5.10 Å². The molecular formula is C10H17N3. The predicted molar refractivity (Wildman–Crippen MR) is 52.4 cm³/mol. The molecule has 1 aromatic heterocycles. The van der Waals surface area contributed by atoms with E-state index in [1.54, 1.807) is 0 Å². The molecule has 0 amide bonds. The van der Waals surface area contributed by atoms with Crippen LogP contribution >= 0.6 is 0 Å². The zero-order valence-corrected chi connectivity index (χ0v) is 8.16. The van der Waals surface area contributed by atoms with Crippen molar-refractivity contribution in [1.29, 1.82) is 0 Å². The highest BCUT2D eigenvalue weighted by molar-refractivity contribution is 5.23. The molecule has 2 N–H and O–H groups in total. The van der Waals surface area contributed by atoms with Gasteiger partial charge in [-0.05, 0) is 31.2 Å². The molecule has 1 aliphatic carbocycles. The van der Waals surface area contributed by atoms with Crippen LogP contribution in [0.2, 0.25) is 0 Å². The second kappa shape index (κ2) is 3.50. The lowest BCUT2D eigenvalue weighted by molar-refractivity contribution is 0.492. The summed E-state index contributed by atoms with van der Waals surface area (Å²) in [5.74, 6) is 0. The number of hydrogen-bond acceptors (Lipinski definition) is 2. The van der Waals surface area contributed by atoms with Gasteiger partial charge in [0.2, 0.25) is 0 Å². The van der Waals surface area contributed by atoms with Gasteiger partial charge in [0.15, 0.2) is 0 Å². The van der Waals surface area contributed by atoms with E-state index in [9.17, 15) is 0 Å². The third-order valence-corrected chi connectivity index (χ3v) is 2.71. The zero-order valence-electron chi connectivity index (χ0n) is 8.16. The Balaban J connectivity index is 2.32. The van der Waals surface area contributed by atoms with E-state index >= 15 is 0 Å². The van der Waals surface area contributed by atoms with Crippen LogP contribution < -0.4 is 5.73 Å². The molecule has 0 saturated carbocycles. The Labute approximate surface area is 78.9 Å². The first kappa shape index (κ1) is 8.75. The summed E-state index contributed by atoms with van der Waals surface area (Å²) in [5.41, 5.74) is 8.71. The second-order valence-corrected chi connectivity index (χ2v) is 3.78. The normalized spacial score (nSPS) is 21.5. The standard InChI is InChI=1S/C10H17N3/c1-2-6-13-10-8(7-12-13)4-3-5-9(10)11/h7,9H,2-6,11H2,1H3. The summed E-state index contributed by atoms with van der Waals surface area (Å²) in [5, 5.41) is 4.37. The number of aromatic nitrogens is 2. The highest BCUT2D eigenvalue weighted by Gasteiger charge is 2.21. The molecule has 0 aromatic carbocycles. The van der Waals surface area contributed by atoms with Crippen molar-refractivity contribution in [2.45, 2.75) is 45.2 Å². The third-order valence-electron chi connectivity index (χ3n) is 2.71. The van der Waals surface area contributed by atoms with Crippen molar-refractivity contribution < 1.29 is 0 Å². The molecule has 1 atom stereocenters. The lowest BCUT2D eigenvalue weighted by Crippen LogP contribution is -2.21. The van der Waals surface area contributed by atoms with Crippen molar-refractivity contribution in [1.82, 2.24) is 9.78 Å². The zero-order chi connectivity index (χ0) is 9.26. The summed E-state index contributed by atoms with van der Waals surface area (Å²) in [6.07, 6.45) is 6.60. The van der Waals surface area contributed by atoms with Gasteiger partial charge in [0.25, 0.3) is 0 Å². The molecule has 3 heteroatoms. The summed E-state index contributed by atoms with van der Waals surface area (Å²) in [6.45, 7) is 3.17. The van der Waals surface area contributed by atoms with E-state index in [0.29, 0.717) is 0 Å². The second-order valence-electron chi connectivity index (χ2n) is 3.78. The molecule has 0 aliphatic heterocycles. The Morgan fingerprint density at radius 3 is 3.31 bits per heavy atom. The molecule has 72 valence electrons. The van der Waals surface area contributed by atoms with Crippen LogP contribution in [0.5, 0.6) is 0 Å². The van der Waals surface area contributed by atoms with Crippen LogP contribution in [0, 0.1) is 0 Å². The molecule has 0 radical (unpaired) electrons. The Hall–Kier alpha value is -0.830. The van der Waals surface area contributed by atoms with Crippen LogP contribution in [0.15, 0.2) is 6.20 Å². The predicted octanol–water partition coefficient (Wildman–Crippen LogP) is 1.63. The maximum atomic E-state index is 6.06. The first-order valence-corrected chi connectivity index (χ1v) is 5.13. The smallest absolute Gasteiger partial charge is 0.0583 e. The van der Waals surface area contributed by atoms with E-state index < -0.39 is 0 Å². The van der Waals surface area contributed by atoms with E-state index in [4.69, 9.17) is 5.73 Å². The first-order valence-electron chi connectivity index (χ1n) is 5.13. The summed E-state index contributed by atoms with van der Waals surface area (Å²) >= 11 is 0.